The normalized spacial score (nSPS) is 15.1. The van der Waals surface area contributed by atoms with Gasteiger partial charge in [0, 0.05) is 29.9 Å². The average molecular weight is 587 g/mol. The van der Waals surface area contributed by atoms with Crippen molar-refractivity contribution in [2.75, 3.05) is 13.3 Å². The van der Waals surface area contributed by atoms with E-state index in [1.165, 1.54) is 19.5 Å². The van der Waals surface area contributed by atoms with Crippen molar-refractivity contribution >= 4 is 7.14 Å². The molecule has 1 unspecified atom stereocenters. The molecule has 41 heavy (non-hydrogen) atoms. The maximum absolute atomic E-state index is 15.3. The number of benzene rings is 2. The number of halogens is 3. The highest BCUT2D eigenvalue weighted by molar-refractivity contribution is 7.63. The molecule has 4 nitrogen and oxygen atoms in total. The number of alkyl halides is 2. The van der Waals surface area contributed by atoms with E-state index < -0.39 is 18.7 Å². The fraction of sp³-hybridized carbons (Fsp3) is 0.485. The minimum atomic E-state index is -3.66. The molecule has 0 amide bonds. The van der Waals surface area contributed by atoms with Crippen LogP contribution in [0.5, 0.6) is 5.75 Å². The van der Waals surface area contributed by atoms with E-state index in [-0.39, 0.29) is 30.4 Å². The number of pyridine rings is 1. The molecular formula is C33H42F3N2O2P. The second-order valence-electron chi connectivity index (χ2n) is 12.3. The van der Waals surface area contributed by atoms with E-state index in [0.29, 0.717) is 36.3 Å². The number of aryl methyl sites for hydroxylation is 1. The van der Waals surface area contributed by atoms with Gasteiger partial charge in [-0.15, -0.1) is 0 Å². The van der Waals surface area contributed by atoms with Crippen molar-refractivity contribution in [3.05, 3.63) is 82.9 Å². The quantitative estimate of drug-likeness (QED) is 0.199. The monoisotopic (exact) mass is 586 g/mol. The Balaban J connectivity index is 1.63. The van der Waals surface area contributed by atoms with Crippen LogP contribution in [0.25, 0.3) is 11.1 Å². The fourth-order valence-corrected chi connectivity index (χ4v) is 6.55. The number of rotatable bonds is 12. The summed E-state index contributed by atoms with van der Waals surface area (Å²) < 4.78 is 64.2. The SMILES string of the molecule is Cc1cc(-c2ccc(COc3cccc(C(C4CC4)C(F)(F)P(C)(C)=O)c3)cc2CN(C(C)C)C(C)C)c(F)cn1. The Morgan fingerprint density at radius 1 is 1.02 bits per heavy atom. The molecule has 1 aliphatic carbocycles. The third-order valence-corrected chi connectivity index (χ3v) is 9.65. The summed E-state index contributed by atoms with van der Waals surface area (Å²) >= 11 is 0. The van der Waals surface area contributed by atoms with Crippen molar-refractivity contribution in [3.8, 4) is 16.9 Å². The van der Waals surface area contributed by atoms with Gasteiger partial charge in [-0.3, -0.25) is 9.88 Å². The highest BCUT2D eigenvalue weighted by Gasteiger charge is 2.55. The van der Waals surface area contributed by atoms with Crippen molar-refractivity contribution in [1.82, 2.24) is 9.88 Å². The van der Waals surface area contributed by atoms with E-state index >= 15 is 8.78 Å². The van der Waals surface area contributed by atoms with Crippen molar-refractivity contribution in [2.24, 2.45) is 5.92 Å². The van der Waals surface area contributed by atoms with Gasteiger partial charge in [-0.1, -0.05) is 30.3 Å². The van der Waals surface area contributed by atoms with Gasteiger partial charge in [0.25, 0.3) is 0 Å². The summed E-state index contributed by atoms with van der Waals surface area (Å²) in [6, 6.07) is 15.0. The van der Waals surface area contributed by atoms with E-state index in [1.807, 2.05) is 25.1 Å². The number of hydrogen-bond acceptors (Lipinski definition) is 4. The van der Waals surface area contributed by atoms with E-state index in [1.54, 1.807) is 30.3 Å². The van der Waals surface area contributed by atoms with Crippen molar-refractivity contribution in [2.45, 2.75) is 84.3 Å². The number of hydrogen-bond donors (Lipinski definition) is 0. The summed E-state index contributed by atoms with van der Waals surface area (Å²) in [4.78, 5) is 6.43. The molecule has 1 heterocycles. The first-order chi connectivity index (χ1) is 19.2. The van der Waals surface area contributed by atoms with Gasteiger partial charge < -0.3 is 9.30 Å². The first-order valence-electron chi connectivity index (χ1n) is 14.3. The maximum atomic E-state index is 15.3. The Labute approximate surface area is 242 Å². The van der Waals surface area contributed by atoms with Crippen LogP contribution in [0.1, 0.15) is 68.8 Å². The van der Waals surface area contributed by atoms with Crippen molar-refractivity contribution < 1.29 is 22.5 Å². The van der Waals surface area contributed by atoms with Gasteiger partial charge in [0.2, 0.25) is 0 Å². The first kappa shape index (κ1) is 31.3. The number of nitrogens with zero attached hydrogens (tertiary/aromatic N) is 2. The Hall–Kier alpha value is -2.63. The van der Waals surface area contributed by atoms with Crippen LogP contribution in [0.2, 0.25) is 0 Å². The fourth-order valence-electron chi connectivity index (χ4n) is 5.52. The summed E-state index contributed by atoms with van der Waals surface area (Å²) in [6.07, 6.45) is 2.68. The summed E-state index contributed by atoms with van der Waals surface area (Å²) in [5.41, 5.74) is 1.10. The van der Waals surface area contributed by atoms with Gasteiger partial charge in [-0.05, 0) is 107 Å². The lowest BCUT2D eigenvalue weighted by molar-refractivity contribution is 0.0500. The van der Waals surface area contributed by atoms with Crippen LogP contribution in [-0.4, -0.2) is 41.0 Å². The minimum Gasteiger partial charge on any atom is -0.489 e. The predicted molar refractivity (Wildman–Crippen MR) is 161 cm³/mol. The summed E-state index contributed by atoms with van der Waals surface area (Å²) in [5, 5.41) is 0. The number of aromatic nitrogens is 1. The van der Waals surface area contributed by atoms with Crippen molar-refractivity contribution in [3.63, 3.8) is 0 Å². The van der Waals surface area contributed by atoms with Gasteiger partial charge in [0.05, 0.1) is 12.1 Å². The third kappa shape index (κ3) is 7.24. The number of ether oxygens (including phenoxy) is 1. The predicted octanol–water partition coefficient (Wildman–Crippen LogP) is 9.10. The minimum absolute atomic E-state index is 0.175. The lowest BCUT2D eigenvalue weighted by atomic mass is 9.94. The molecule has 0 saturated heterocycles. The maximum Gasteiger partial charge on any atom is 0.304 e. The molecule has 0 bridgehead atoms. The van der Waals surface area contributed by atoms with Crippen LogP contribution in [0.15, 0.2) is 54.7 Å². The Morgan fingerprint density at radius 3 is 2.32 bits per heavy atom. The first-order valence-corrected chi connectivity index (χ1v) is 16.9. The second-order valence-corrected chi connectivity index (χ2v) is 15.6. The largest absolute Gasteiger partial charge is 0.489 e. The molecular weight excluding hydrogens is 544 g/mol. The van der Waals surface area contributed by atoms with Crippen LogP contribution >= 0.6 is 7.14 Å². The molecule has 0 spiro atoms. The molecule has 1 aliphatic rings. The van der Waals surface area contributed by atoms with Gasteiger partial charge >= 0.3 is 5.66 Å². The molecule has 0 radical (unpaired) electrons. The third-order valence-electron chi connectivity index (χ3n) is 7.94. The summed E-state index contributed by atoms with van der Waals surface area (Å²) in [7, 11) is -3.66. The molecule has 2 aromatic carbocycles. The summed E-state index contributed by atoms with van der Waals surface area (Å²) in [6.45, 7) is 13.6. The Morgan fingerprint density at radius 2 is 1.71 bits per heavy atom. The molecule has 1 atom stereocenters. The molecule has 4 rings (SSSR count). The molecule has 1 saturated carbocycles. The van der Waals surface area contributed by atoms with Gasteiger partial charge in [-0.2, -0.15) is 8.78 Å². The molecule has 1 fully saturated rings. The zero-order chi connectivity index (χ0) is 30.1. The molecule has 1 aromatic heterocycles. The topological polar surface area (TPSA) is 42.4 Å². The highest BCUT2D eigenvalue weighted by Crippen LogP contribution is 2.65. The van der Waals surface area contributed by atoms with Crippen LogP contribution in [0.4, 0.5) is 13.2 Å². The highest BCUT2D eigenvalue weighted by atomic mass is 31.2. The molecule has 8 heteroatoms. The van der Waals surface area contributed by atoms with Gasteiger partial charge in [0.15, 0.2) is 0 Å². The van der Waals surface area contributed by atoms with Crippen LogP contribution in [0.3, 0.4) is 0 Å². The zero-order valence-corrected chi connectivity index (χ0v) is 26.0. The van der Waals surface area contributed by atoms with Crippen LogP contribution in [-0.2, 0) is 17.7 Å². The molecule has 0 aliphatic heterocycles. The van der Waals surface area contributed by atoms with Crippen molar-refractivity contribution in [1.29, 1.82) is 0 Å². The zero-order valence-electron chi connectivity index (χ0n) is 25.1. The Kier molecular flexibility index (Phi) is 9.40. The van der Waals surface area contributed by atoms with E-state index in [4.69, 9.17) is 4.74 Å². The van der Waals surface area contributed by atoms with Crippen LogP contribution in [0, 0.1) is 18.7 Å². The molecule has 222 valence electrons. The van der Waals surface area contributed by atoms with Gasteiger partial charge in [0.1, 0.15) is 25.3 Å². The second kappa shape index (κ2) is 12.3. The van der Waals surface area contributed by atoms with E-state index in [2.05, 4.69) is 37.6 Å². The molecule has 0 N–H and O–H groups in total. The standard InChI is InChI=1S/C33H42F3N2O2P/c1-21(2)38(22(3)4)19-27-16-24(11-14-29(27)30-15-23(5)37-18-31(30)34)20-40-28-10-8-9-26(17-28)32(25-12-13-25)33(35,36)41(6,7)39/h8-11,14-18,21-22,25,32H,12-13,19-20H2,1-7H3. The molecule has 3 aromatic rings. The van der Waals surface area contributed by atoms with E-state index in [0.717, 1.165) is 22.4 Å². The summed E-state index contributed by atoms with van der Waals surface area (Å²) in [5.74, 6) is -1.15. The van der Waals surface area contributed by atoms with Gasteiger partial charge in [-0.25, -0.2) is 4.39 Å². The Bertz CT molecular complexity index is 1410. The average Bonchev–Trinajstić information content (AvgIpc) is 3.72. The lowest BCUT2D eigenvalue weighted by Gasteiger charge is -2.31. The van der Waals surface area contributed by atoms with E-state index in [9.17, 15) is 8.96 Å². The van der Waals surface area contributed by atoms with Crippen LogP contribution < -0.4 is 4.74 Å². The smallest absolute Gasteiger partial charge is 0.304 e. The lowest BCUT2D eigenvalue weighted by Crippen LogP contribution is -2.36.